The third-order valence-electron chi connectivity index (χ3n) is 5.30. The van der Waals surface area contributed by atoms with Crippen molar-refractivity contribution in [2.45, 2.75) is 46.6 Å². The van der Waals surface area contributed by atoms with Crippen LogP contribution in [0.25, 0.3) is 0 Å². The van der Waals surface area contributed by atoms with E-state index in [4.69, 9.17) is 9.47 Å². The maximum Gasteiger partial charge on any atom is 0.231 e. The number of aromatic nitrogens is 2. The molecule has 1 amide bonds. The van der Waals surface area contributed by atoms with Crippen molar-refractivity contribution in [2.24, 2.45) is 5.41 Å². The van der Waals surface area contributed by atoms with Crippen molar-refractivity contribution in [3.05, 3.63) is 47.0 Å². The zero-order chi connectivity index (χ0) is 19.0. The van der Waals surface area contributed by atoms with Crippen molar-refractivity contribution in [1.29, 1.82) is 0 Å². The van der Waals surface area contributed by atoms with E-state index in [-0.39, 0.29) is 18.1 Å². The Balaban J connectivity index is 1.49. The highest BCUT2D eigenvalue weighted by molar-refractivity contribution is 5.77. The Morgan fingerprint density at radius 1 is 1.11 bits per heavy atom. The Hall–Kier alpha value is -2.63. The van der Waals surface area contributed by atoms with E-state index in [9.17, 15) is 4.79 Å². The van der Waals surface area contributed by atoms with Crippen LogP contribution in [0.4, 0.5) is 0 Å². The zero-order valence-electron chi connectivity index (χ0n) is 16.1. The van der Waals surface area contributed by atoms with E-state index in [1.807, 2.05) is 30.9 Å². The SMILES string of the molecule is Cc1cc(C)nc(CN2C[C@](C)(Cc3ccc4c(c3)OCO4)CCC2=O)n1. The van der Waals surface area contributed by atoms with Gasteiger partial charge in [-0.3, -0.25) is 4.79 Å². The van der Waals surface area contributed by atoms with Crippen molar-refractivity contribution in [3.63, 3.8) is 0 Å². The van der Waals surface area contributed by atoms with E-state index in [0.29, 0.717) is 25.3 Å². The first-order chi connectivity index (χ1) is 12.9. The Labute approximate surface area is 159 Å². The monoisotopic (exact) mass is 367 g/mol. The molecular formula is C21H25N3O3. The van der Waals surface area contributed by atoms with Crippen LogP contribution < -0.4 is 9.47 Å². The number of aryl methyl sites for hydroxylation is 2. The molecule has 0 bridgehead atoms. The average Bonchev–Trinajstić information content (AvgIpc) is 3.05. The first-order valence-electron chi connectivity index (χ1n) is 9.38. The minimum atomic E-state index is 0.0144. The molecule has 1 aromatic carbocycles. The molecule has 6 nitrogen and oxygen atoms in total. The van der Waals surface area contributed by atoms with Crippen LogP contribution in [-0.2, 0) is 17.8 Å². The fourth-order valence-corrected chi connectivity index (χ4v) is 4.07. The normalized spacial score (nSPS) is 21.6. The molecule has 1 aromatic heterocycles. The Morgan fingerprint density at radius 2 is 1.85 bits per heavy atom. The molecule has 0 spiro atoms. The summed E-state index contributed by atoms with van der Waals surface area (Å²) < 4.78 is 10.9. The topological polar surface area (TPSA) is 64.6 Å². The predicted octanol–water partition coefficient (Wildman–Crippen LogP) is 3.19. The van der Waals surface area contributed by atoms with Crippen LogP contribution in [0.5, 0.6) is 11.5 Å². The van der Waals surface area contributed by atoms with Crippen molar-refractivity contribution >= 4 is 5.91 Å². The number of hydrogen-bond donors (Lipinski definition) is 0. The van der Waals surface area contributed by atoms with Gasteiger partial charge in [-0.1, -0.05) is 13.0 Å². The summed E-state index contributed by atoms with van der Waals surface area (Å²) >= 11 is 0. The fourth-order valence-electron chi connectivity index (χ4n) is 4.07. The van der Waals surface area contributed by atoms with Gasteiger partial charge in [0.1, 0.15) is 5.82 Å². The van der Waals surface area contributed by atoms with Gasteiger partial charge in [0.25, 0.3) is 0 Å². The van der Waals surface area contributed by atoms with E-state index in [0.717, 1.165) is 35.7 Å². The lowest BCUT2D eigenvalue weighted by Gasteiger charge is -2.40. The molecule has 1 saturated heterocycles. The van der Waals surface area contributed by atoms with Gasteiger partial charge in [-0.05, 0) is 55.9 Å². The number of piperidine rings is 1. The van der Waals surface area contributed by atoms with Gasteiger partial charge in [-0.15, -0.1) is 0 Å². The number of benzene rings is 1. The summed E-state index contributed by atoms with van der Waals surface area (Å²) in [6.45, 7) is 7.63. The van der Waals surface area contributed by atoms with Gasteiger partial charge in [0.15, 0.2) is 11.5 Å². The molecule has 0 unspecified atom stereocenters. The van der Waals surface area contributed by atoms with Gasteiger partial charge < -0.3 is 14.4 Å². The van der Waals surface area contributed by atoms with Gasteiger partial charge in [0.2, 0.25) is 12.7 Å². The average molecular weight is 367 g/mol. The highest BCUT2D eigenvalue weighted by Gasteiger charge is 2.35. The molecule has 2 aliphatic heterocycles. The number of rotatable bonds is 4. The fraction of sp³-hybridized carbons (Fsp3) is 0.476. The zero-order valence-corrected chi connectivity index (χ0v) is 16.1. The summed E-state index contributed by atoms with van der Waals surface area (Å²) in [5.74, 6) is 2.51. The smallest absolute Gasteiger partial charge is 0.231 e. The lowest BCUT2D eigenvalue weighted by molar-refractivity contribution is -0.138. The maximum absolute atomic E-state index is 12.5. The highest BCUT2D eigenvalue weighted by Crippen LogP contribution is 2.38. The molecule has 0 saturated carbocycles. The quantitative estimate of drug-likeness (QED) is 0.830. The minimum Gasteiger partial charge on any atom is -0.454 e. The van der Waals surface area contributed by atoms with E-state index < -0.39 is 0 Å². The second kappa shape index (κ2) is 6.83. The molecule has 1 fully saturated rings. The van der Waals surface area contributed by atoms with E-state index in [2.05, 4.69) is 29.0 Å². The van der Waals surface area contributed by atoms with E-state index in [1.54, 1.807) is 0 Å². The number of carbonyl (C=O) groups is 1. The number of amides is 1. The van der Waals surface area contributed by atoms with Crippen molar-refractivity contribution in [2.75, 3.05) is 13.3 Å². The van der Waals surface area contributed by atoms with Crippen LogP contribution in [0.3, 0.4) is 0 Å². The third-order valence-corrected chi connectivity index (χ3v) is 5.30. The number of hydrogen-bond acceptors (Lipinski definition) is 5. The molecule has 2 aromatic rings. The number of likely N-dealkylation sites (tertiary alicyclic amines) is 1. The number of nitrogens with zero attached hydrogens (tertiary/aromatic N) is 3. The molecule has 27 heavy (non-hydrogen) atoms. The van der Waals surface area contributed by atoms with Crippen LogP contribution in [0.2, 0.25) is 0 Å². The second-order valence-corrected chi connectivity index (χ2v) is 7.99. The van der Waals surface area contributed by atoms with Gasteiger partial charge in [-0.2, -0.15) is 0 Å². The maximum atomic E-state index is 12.5. The molecule has 0 aliphatic carbocycles. The number of fused-ring (bicyclic) bond motifs is 1. The molecule has 0 radical (unpaired) electrons. The van der Waals surface area contributed by atoms with Gasteiger partial charge in [0, 0.05) is 24.4 Å². The van der Waals surface area contributed by atoms with Crippen LogP contribution in [0, 0.1) is 19.3 Å². The molecule has 2 aliphatic rings. The number of ether oxygens (including phenoxy) is 2. The Bertz CT molecular complexity index is 863. The summed E-state index contributed by atoms with van der Waals surface area (Å²) in [6, 6.07) is 8.06. The molecule has 3 heterocycles. The summed E-state index contributed by atoms with van der Waals surface area (Å²) in [4.78, 5) is 23.4. The van der Waals surface area contributed by atoms with Gasteiger partial charge >= 0.3 is 0 Å². The van der Waals surface area contributed by atoms with Crippen LogP contribution in [0.1, 0.15) is 42.5 Å². The molecule has 6 heteroatoms. The summed E-state index contributed by atoms with van der Waals surface area (Å²) in [7, 11) is 0. The summed E-state index contributed by atoms with van der Waals surface area (Å²) in [6.07, 6.45) is 2.33. The van der Waals surface area contributed by atoms with Gasteiger partial charge in [0.05, 0.1) is 6.54 Å². The predicted molar refractivity (Wildman–Crippen MR) is 101 cm³/mol. The van der Waals surface area contributed by atoms with E-state index >= 15 is 0 Å². The summed E-state index contributed by atoms with van der Waals surface area (Å²) in [5.41, 5.74) is 3.09. The second-order valence-electron chi connectivity index (χ2n) is 7.99. The molecule has 0 N–H and O–H groups in total. The molecule has 4 rings (SSSR count). The highest BCUT2D eigenvalue weighted by atomic mass is 16.7. The Kier molecular flexibility index (Phi) is 4.50. The van der Waals surface area contributed by atoms with Gasteiger partial charge in [-0.25, -0.2) is 9.97 Å². The first kappa shape index (κ1) is 17.8. The summed E-state index contributed by atoms with van der Waals surface area (Å²) in [5, 5.41) is 0. The standard InChI is InChI=1S/C21H25N3O3/c1-14-8-15(2)23-19(22-14)11-24-12-21(3,7-6-20(24)25)10-16-4-5-17-18(9-16)27-13-26-17/h4-5,8-9H,6-7,10-13H2,1-3H3/t21-/m0/s1. The largest absolute Gasteiger partial charge is 0.454 e. The van der Waals surface area contributed by atoms with E-state index in [1.165, 1.54) is 5.56 Å². The molecule has 142 valence electrons. The minimum absolute atomic E-state index is 0.0144. The molecule has 1 atom stereocenters. The lowest BCUT2D eigenvalue weighted by Crippen LogP contribution is -2.46. The Morgan fingerprint density at radius 3 is 2.63 bits per heavy atom. The van der Waals surface area contributed by atoms with Crippen LogP contribution in [-0.4, -0.2) is 34.1 Å². The lowest BCUT2D eigenvalue weighted by atomic mass is 9.76. The third kappa shape index (κ3) is 3.89. The van der Waals surface area contributed by atoms with Crippen LogP contribution >= 0.6 is 0 Å². The van der Waals surface area contributed by atoms with Crippen molar-refractivity contribution < 1.29 is 14.3 Å². The molecular weight excluding hydrogens is 342 g/mol. The van der Waals surface area contributed by atoms with Crippen molar-refractivity contribution in [3.8, 4) is 11.5 Å². The first-order valence-corrected chi connectivity index (χ1v) is 9.38. The number of carbonyl (C=O) groups excluding carboxylic acids is 1. The van der Waals surface area contributed by atoms with Crippen molar-refractivity contribution in [1.82, 2.24) is 14.9 Å². The van der Waals surface area contributed by atoms with Crippen LogP contribution in [0.15, 0.2) is 24.3 Å².